The zero-order valence-electron chi connectivity index (χ0n) is 14.3. The molecule has 2 rings (SSSR count). The average molecular weight is 367 g/mol. The van der Waals surface area contributed by atoms with E-state index in [-0.39, 0.29) is 5.75 Å². The first-order valence-electron chi connectivity index (χ1n) is 8.65. The van der Waals surface area contributed by atoms with Gasteiger partial charge in [0.15, 0.2) is 5.83 Å². The van der Waals surface area contributed by atoms with Gasteiger partial charge in [-0.3, -0.25) is 0 Å². The van der Waals surface area contributed by atoms with Crippen LogP contribution < -0.4 is 4.74 Å². The topological polar surface area (TPSA) is 33.0 Å². The van der Waals surface area contributed by atoms with Gasteiger partial charge < -0.3 is 4.74 Å². The zero-order chi connectivity index (χ0) is 19.0. The number of nitrogens with zero attached hydrogens (tertiary/aromatic N) is 1. The third-order valence-corrected chi connectivity index (χ3v) is 4.66. The van der Waals surface area contributed by atoms with Crippen LogP contribution in [-0.2, 0) is 0 Å². The van der Waals surface area contributed by atoms with Crippen molar-refractivity contribution < 1.29 is 22.3 Å². The van der Waals surface area contributed by atoms with E-state index in [9.17, 15) is 17.6 Å². The molecule has 0 atom stereocenters. The molecule has 6 heteroatoms. The fourth-order valence-corrected chi connectivity index (χ4v) is 3.34. The number of hydrogen-bond donors (Lipinski definition) is 0. The van der Waals surface area contributed by atoms with E-state index in [1.54, 1.807) is 18.2 Å². The maximum Gasteiger partial charge on any atom is 0.573 e. The predicted octanol–water partition coefficient (Wildman–Crippen LogP) is 6.57. The normalized spacial score (nSPS) is 21.6. The average Bonchev–Trinajstić information content (AvgIpc) is 2.61. The summed E-state index contributed by atoms with van der Waals surface area (Å²) < 4.78 is 53.1. The van der Waals surface area contributed by atoms with E-state index in [0.717, 1.165) is 50.2 Å². The molecule has 26 heavy (non-hydrogen) atoms. The minimum Gasteiger partial charge on any atom is -0.406 e. The molecule has 0 heterocycles. The van der Waals surface area contributed by atoms with Crippen molar-refractivity contribution >= 4 is 0 Å². The Balaban J connectivity index is 1.75. The van der Waals surface area contributed by atoms with Gasteiger partial charge in [-0.2, -0.15) is 9.65 Å². The Hall–Kier alpha value is -2.29. The lowest BCUT2D eigenvalue weighted by Gasteiger charge is -2.28. The van der Waals surface area contributed by atoms with E-state index in [0.29, 0.717) is 11.8 Å². The summed E-state index contributed by atoms with van der Waals surface area (Å²) in [6.45, 7) is 0. The Morgan fingerprint density at radius 2 is 1.81 bits per heavy atom. The number of hydrogen-bond acceptors (Lipinski definition) is 2. The van der Waals surface area contributed by atoms with Crippen LogP contribution in [-0.4, -0.2) is 6.36 Å². The molecule has 0 N–H and O–H groups in total. The summed E-state index contributed by atoms with van der Waals surface area (Å²) in [5.41, 5.74) is 1.05. The molecule has 0 bridgehead atoms. The molecule has 1 aliphatic carbocycles. The first kappa shape index (κ1) is 20.0. The second kappa shape index (κ2) is 9.42. The molecular weight excluding hydrogens is 346 g/mol. The highest BCUT2D eigenvalue weighted by molar-refractivity contribution is 5.29. The Morgan fingerprint density at radius 3 is 2.38 bits per heavy atom. The maximum absolute atomic E-state index is 12.6. The van der Waals surface area contributed by atoms with Crippen LogP contribution in [0.1, 0.15) is 50.0 Å². The number of allylic oxidation sites excluding steroid dienone is 4. The lowest BCUT2D eigenvalue weighted by Crippen LogP contribution is -2.17. The minimum absolute atomic E-state index is 0.191. The molecule has 0 spiro atoms. The van der Waals surface area contributed by atoms with Gasteiger partial charge in [0, 0.05) is 0 Å². The van der Waals surface area contributed by atoms with Gasteiger partial charge in [0.25, 0.3) is 0 Å². The van der Waals surface area contributed by atoms with E-state index in [1.807, 2.05) is 6.08 Å². The summed E-state index contributed by atoms with van der Waals surface area (Å²) in [5.74, 6) is -0.0140. The van der Waals surface area contributed by atoms with Crippen molar-refractivity contribution in [3.8, 4) is 11.8 Å². The summed E-state index contributed by atoms with van der Waals surface area (Å²) in [7, 11) is 0. The molecule has 0 amide bonds. The number of halogens is 4. The number of nitriles is 1. The molecular formula is C20H21F4NO. The summed E-state index contributed by atoms with van der Waals surface area (Å²) in [4.78, 5) is 0. The predicted molar refractivity (Wildman–Crippen MR) is 91.0 cm³/mol. The standard InChI is InChI=1S/C20H21F4NO/c21-18(14-25)5-3-1-2-4-15-6-8-16(9-7-15)17-10-12-19(13-11-17)26-20(22,23)24/h1,3,5,10-13,15-16H,2,4,6-9H2. The van der Waals surface area contributed by atoms with Gasteiger partial charge in [0.05, 0.1) is 0 Å². The molecule has 1 saturated carbocycles. The van der Waals surface area contributed by atoms with Crippen molar-refractivity contribution in [2.45, 2.75) is 50.8 Å². The molecule has 0 radical (unpaired) electrons. The fourth-order valence-electron chi connectivity index (χ4n) is 3.34. The molecule has 1 aliphatic rings. The fraction of sp³-hybridized carbons (Fsp3) is 0.450. The van der Waals surface area contributed by atoms with Crippen molar-refractivity contribution in [3.63, 3.8) is 0 Å². The van der Waals surface area contributed by atoms with Gasteiger partial charge >= 0.3 is 6.36 Å². The second-order valence-electron chi connectivity index (χ2n) is 6.47. The van der Waals surface area contributed by atoms with E-state index < -0.39 is 12.2 Å². The van der Waals surface area contributed by atoms with Gasteiger partial charge in [-0.1, -0.05) is 24.3 Å². The van der Waals surface area contributed by atoms with Crippen LogP contribution in [0.2, 0.25) is 0 Å². The molecule has 1 fully saturated rings. The van der Waals surface area contributed by atoms with Crippen LogP contribution in [0.15, 0.2) is 48.3 Å². The van der Waals surface area contributed by atoms with Gasteiger partial charge in [-0.15, -0.1) is 13.2 Å². The highest BCUT2D eigenvalue weighted by Gasteiger charge is 2.31. The molecule has 0 aromatic heterocycles. The van der Waals surface area contributed by atoms with Crippen LogP contribution in [0, 0.1) is 17.2 Å². The van der Waals surface area contributed by atoms with Crippen LogP contribution in [0.5, 0.6) is 5.75 Å². The molecule has 0 unspecified atom stereocenters. The Kier molecular flexibility index (Phi) is 7.26. The van der Waals surface area contributed by atoms with Crippen LogP contribution in [0.25, 0.3) is 0 Å². The van der Waals surface area contributed by atoms with Gasteiger partial charge in [-0.05, 0) is 74.1 Å². The first-order chi connectivity index (χ1) is 12.4. The highest BCUT2D eigenvalue weighted by Crippen LogP contribution is 2.38. The summed E-state index contributed by atoms with van der Waals surface area (Å²) >= 11 is 0. The highest BCUT2D eigenvalue weighted by atomic mass is 19.4. The molecule has 140 valence electrons. The second-order valence-corrected chi connectivity index (χ2v) is 6.47. The lowest BCUT2D eigenvalue weighted by molar-refractivity contribution is -0.274. The van der Waals surface area contributed by atoms with E-state index >= 15 is 0 Å². The van der Waals surface area contributed by atoms with Gasteiger partial charge in [-0.25, -0.2) is 0 Å². The number of ether oxygens (including phenoxy) is 1. The van der Waals surface area contributed by atoms with E-state index in [2.05, 4.69) is 4.74 Å². The quantitative estimate of drug-likeness (QED) is 0.323. The van der Waals surface area contributed by atoms with Crippen LogP contribution in [0.3, 0.4) is 0 Å². The number of alkyl halides is 3. The monoisotopic (exact) mass is 367 g/mol. The van der Waals surface area contributed by atoms with Crippen LogP contribution >= 0.6 is 0 Å². The van der Waals surface area contributed by atoms with Crippen LogP contribution in [0.4, 0.5) is 17.6 Å². The molecule has 0 aliphatic heterocycles. The minimum atomic E-state index is -4.66. The van der Waals surface area contributed by atoms with E-state index in [4.69, 9.17) is 5.26 Å². The molecule has 2 nitrogen and oxygen atoms in total. The first-order valence-corrected chi connectivity index (χ1v) is 8.65. The summed E-state index contributed by atoms with van der Waals surface area (Å²) in [5, 5.41) is 8.29. The number of benzene rings is 1. The van der Waals surface area contributed by atoms with Gasteiger partial charge in [0.1, 0.15) is 11.8 Å². The largest absolute Gasteiger partial charge is 0.573 e. The van der Waals surface area contributed by atoms with Crippen molar-refractivity contribution in [2.24, 2.45) is 5.92 Å². The summed E-state index contributed by atoms with van der Waals surface area (Å²) in [6.07, 6.45) is 5.94. The lowest BCUT2D eigenvalue weighted by atomic mass is 9.77. The molecule has 1 aromatic carbocycles. The van der Waals surface area contributed by atoms with Crippen molar-refractivity contribution in [1.82, 2.24) is 0 Å². The van der Waals surface area contributed by atoms with Crippen molar-refractivity contribution in [3.05, 3.63) is 53.9 Å². The third-order valence-electron chi connectivity index (χ3n) is 4.66. The SMILES string of the molecule is N#CC(F)=CC=CCCC1CCC(c2ccc(OC(F)(F)F)cc2)CC1. The molecule has 0 saturated heterocycles. The van der Waals surface area contributed by atoms with E-state index in [1.165, 1.54) is 18.2 Å². The Morgan fingerprint density at radius 1 is 1.15 bits per heavy atom. The Labute approximate surface area is 150 Å². The zero-order valence-corrected chi connectivity index (χ0v) is 14.3. The summed E-state index contributed by atoms with van der Waals surface area (Å²) in [6, 6.07) is 7.58. The Bertz CT molecular complexity index is 663. The molecule has 1 aromatic rings. The smallest absolute Gasteiger partial charge is 0.406 e. The number of rotatable bonds is 6. The van der Waals surface area contributed by atoms with Gasteiger partial charge in [0.2, 0.25) is 0 Å². The maximum atomic E-state index is 12.6. The van der Waals surface area contributed by atoms with Crippen molar-refractivity contribution in [2.75, 3.05) is 0 Å². The van der Waals surface area contributed by atoms with Crippen molar-refractivity contribution in [1.29, 1.82) is 5.26 Å². The third kappa shape index (κ3) is 6.91.